The maximum Gasteiger partial charge on any atom is 0.239 e. The summed E-state index contributed by atoms with van der Waals surface area (Å²) in [6.07, 6.45) is 5.10. The molecule has 120 valence electrons. The Balaban J connectivity index is 1.57. The second-order valence-corrected chi connectivity index (χ2v) is 8.43. The third kappa shape index (κ3) is 3.81. The standard InChI is InChI=1S/C15H21N3O2S2/c1-10(2)14-17-13(20-18-14)9-22(19)8-12-7-21-15(16-12)11-5-3-4-6-11/h7,10-11H,3-6,8-9H2,1-2H3. The van der Waals surface area contributed by atoms with E-state index in [1.165, 1.54) is 30.7 Å². The first-order valence-electron chi connectivity index (χ1n) is 7.73. The molecule has 0 N–H and O–H groups in total. The lowest BCUT2D eigenvalue weighted by Gasteiger charge is -2.02. The van der Waals surface area contributed by atoms with Crippen molar-refractivity contribution in [3.8, 4) is 0 Å². The molecule has 2 aromatic rings. The highest BCUT2D eigenvalue weighted by Crippen LogP contribution is 2.35. The molecule has 0 aromatic carbocycles. The van der Waals surface area contributed by atoms with Gasteiger partial charge in [0.25, 0.3) is 0 Å². The number of aromatic nitrogens is 3. The van der Waals surface area contributed by atoms with Crippen molar-refractivity contribution in [3.05, 3.63) is 27.8 Å². The fourth-order valence-corrected chi connectivity index (χ4v) is 4.73. The molecule has 0 amide bonds. The monoisotopic (exact) mass is 339 g/mol. The van der Waals surface area contributed by atoms with Crippen LogP contribution in [0, 0.1) is 0 Å². The molecule has 0 saturated heterocycles. The van der Waals surface area contributed by atoms with Crippen LogP contribution in [0.4, 0.5) is 0 Å². The molecule has 3 rings (SSSR count). The molecule has 1 unspecified atom stereocenters. The molecule has 1 saturated carbocycles. The van der Waals surface area contributed by atoms with Gasteiger partial charge in [-0.25, -0.2) is 4.98 Å². The normalized spacial score (nSPS) is 17.4. The zero-order valence-electron chi connectivity index (χ0n) is 12.9. The third-order valence-corrected chi connectivity index (χ3v) is 6.11. The Bertz CT molecular complexity index is 645. The highest BCUT2D eigenvalue weighted by molar-refractivity contribution is 7.83. The van der Waals surface area contributed by atoms with Crippen LogP contribution in [0.2, 0.25) is 0 Å². The first kappa shape index (κ1) is 15.8. The van der Waals surface area contributed by atoms with Crippen LogP contribution in [0.25, 0.3) is 0 Å². The molecule has 22 heavy (non-hydrogen) atoms. The van der Waals surface area contributed by atoms with Gasteiger partial charge in [0.15, 0.2) is 5.82 Å². The first-order valence-corrected chi connectivity index (χ1v) is 10.1. The van der Waals surface area contributed by atoms with E-state index in [0.717, 1.165) is 5.69 Å². The molecule has 1 aliphatic rings. The van der Waals surface area contributed by atoms with Crippen molar-refractivity contribution < 1.29 is 8.73 Å². The minimum absolute atomic E-state index is 0.221. The lowest BCUT2D eigenvalue weighted by molar-refractivity contribution is 0.382. The van der Waals surface area contributed by atoms with Crippen molar-refractivity contribution >= 4 is 22.1 Å². The van der Waals surface area contributed by atoms with Crippen LogP contribution >= 0.6 is 11.3 Å². The van der Waals surface area contributed by atoms with E-state index in [4.69, 9.17) is 4.52 Å². The van der Waals surface area contributed by atoms with Crippen LogP contribution in [0.3, 0.4) is 0 Å². The van der Waals surface area contributed by atoms with E-state index in [1.807, 2.05) is 19.2 Å². The Morgan fingerprint density at radius 1 is 1.32 bits per heavy atom. The largest absolute Gasteiger partial charge is 0.338 e. The van der Waals surface area contributed by atoms with Crippen LogP contribution in [-0.4, -0.2) is 19.3 Å². The van der Waals surface area contributed by atoms with E-state index in [9.17, 15) is 4.21 Å². The van der Waals surface area contributed by atoms with Crippen LogP contribution in [0.1, 0.15) is 73.8 Å². The van der Waals surface area contributed by atoms with Gasteiger partial charge in [0, 0.05) is 28.0 Å². The van der Waals surface area contributed by atoms with E-state index in [2.05, 4.69) is 15.1 Å². The van der Waals surface area contributed by atoms with Crippen molar-refractivity contribution in [1.29, 1.82) is 0 Å². The highest BCUT2D eigenvalue weighted by Gasteiger charge is 2.21. The molecule has 0 radical (unpaired) electrons. The molecule has 1 atom stereocenters. The van der Waals surface area contributed by atoms with Crippen molar-refractivity contribution in [3.63, 3.8) is 0 Å². The molecular weight excluding hydrogens is 318 g/mol. The van der Waals surface area contributed by atoms with Gasteiger partial charge in [-0.1, -0.05) is 31.8 Å². The Kier molecular flexibility index (Phi) is 5.03. The van der Waals surface area contributed by atoms with E-state index >= 15 is 0 Å². The Morgan fingerprint density at radius 3 is 2.77 bits per heavy atom. The van der Waals surface area contributed by atoms with Gasteiger partial charge >= 0.3 is 0 Å². The lowest BCUT2D eigenvalue weighted by Crippen LogP contribution is -2.01. The predicted molar refractivity (Wildman–Crippen MR) is 87.3 cm³/mol. The van der Waals surface area contributed by atoms with Crippen molar-refractivity contribution in [2.24, 2.45) is 0 Å². The van der Waals surface area contributed by atoms with Gasteiger partial charge in [-0.2, -0.15) is 4.98 Å². The Morgan fingerprint density at radius 2 is 2.09 bits per heavy atom. The first-order chi connectivity index (χ1) is 10.6. The number of hydrogen-bond acceptors (Lipinski definition) is 6. The van der Waals surface area contributed by atoms with Crippen LogP contribution < -0.4 is 0 Å². The second-order valence-electron chi connectivity index (χ2n) is 6.09. The molecule has 5 nitrogen and oxygen atoms in total. The summed E-state index contributed by atoms with van der Waals surface area (Å²) in [4.78, 5) is 8.94. The molecule has 1 fully saturated rings. The highest BCUT2D eigenvalue weighted by atomic mass is 32.2. The van der Waals surface area contributed by atoms with E-state index in [-0.39, 0.29) is 5.92 Å². The van der Waals surface area contributed by atoms with Gasteiger partial charge in [-0.05, 0) is 12.8 Å². The lowest BCUT2D eigenvalue weighted by atomic mass is 10.1. The van der Waals surface area contributed by atoms with Gasteiger partial charge in [-0.3, -0.25) is 4.21 Å². The minimum Gasteiger partial charge on any atom is -0.338 e. The molecule has 0 bridgehead atoms. The number of thiazole rings is 1. The van der Waals surface area contributed by atoms with Crippen LogP contribution in [0.15, 0.2) is 9.90 Å². The zero-order chi connectivity index (χ0) is 15.5. The third-order valence-electron chi connectivity index (χ3n) is 3.87. The summed E-state index contributed by atoms with van der Waals surface area (Å²) in [6, 6.07) is 0. The number of nitrogens with zero attached hydrogens (tertiary/aromatic N) is 3. The average molecular weight is 339 g/mol. The average Bonchev–Trinajstić information content (AvgIpc) is 3.18. The van der Waals surface area contributed by atoms with Crippen molar-refractivity contribution in [2.45, 2.75) is 62.9 Å². The predicted octanol–water partition coefficient (Wildman–Crippen LogP) is 3.76. The fourth-order valence-electron chi connectivity index (χ4n) is 2.66. The Labute approximate surface area is 137 Å². The Hall–Kier alpha value is -1.08. The van der Waals surface area contributed by atoms with Crippen LogP contribution in [-0.2, 0) is 22.3 Å². The summed E-state index contributed by atoms with van der Waals surface area (Å²) in [5.74, 6) is 2.73. The van der Waals surface area contributed by atoms with E-state index < -0.39 is 10.8 Å². The number of rotatable bonds is 6. The molecule has 1 aliphatic carbocycles. The minimum atomic E-state index is -1.06. The van der Waals surface area contributed by atoms with Gasteiger partial charge in [0.2, 0.25) is 5.89 Å². The topological polar surface area (TPSA) is 68.9 Å². The summed E-state index contributed by atoms with van der Waals surface area (Å²) >= 11 is 1.71. The zero-order valence-corrected chi connectivity index (χ0v) is 14.6. The van der Waals surface area contributed by atoms with Crippen molar-refractivity contribution in [2.75, 3.05) is 0 Å². The summed E-state index contributed by atoms with van der Waals surface area (Å²) in [7, 11) is -1.06. The summed E-state index contributed by atoms with van der Waals surface area (Å²) in [5.41, 5.74) is 0.925. The van der Waals surface area contributed by atoms with E-state index in [0.29, 0.717) is 29.1 Å². The molecule has 0 spiro atoms. The summed E-state index contributed by atoms with van der Waals surface area (Å²) < 4.78 is 17.4. The SMILES string of the molecule is CC(C)c1noc(CS(=O)Cc2csc(C3CCCC3)n2)n1. The van der Waals surface area contributed by atoms with Gasteiger partial charge in [-0.15, -0.1) is 11.3 Å². The van der Waals surface area contributed by atoms with Crippen LogP contribution in [0.5, 0.6) is 0 Å². The quantitative estimate of drug-likeness (QED) is 0.801. The van der Waals surface area contributed by atoms with Gasteiger partial charge in [0.1, 0.15) is 5.75 Å². The maximum atomic E-state index is 12.2. The maximum absolute atomic E-state index is 12.2. The summed E-state index contributed by atoms with van der Waals surface area (Å²) in [5, 5.41) is 7.15. The molecule has 7 heteroatoms. The van der Waals surface area contributed by atoms with Crippen molar-refractivity contribution in [1.82, 2.24) is 15.1 Å². The molecule has 2 heterocycles. The summed E-state index contributed by atoms with van der Waals surface area (Å²) in [6.45, 7) is 4.01. The molecule has 0 aliphatic heterocycles. The van der Waals surface area contributed by atoms with Gasteiger partial charge < -0.3 is 4.52 Å². The fraction of sp³-hybridized carbons (Fsp3) is 0.667. The number of hydrogen-bond donors (Lipinski definition) is 0. The molecule has 2 aromatic heterocycles. The van der Waals surface area contributed by atoms with Gasteiger partial charge in [0.05, 0.1) is 16.5 Å². The smallest absolute Gasteiger partial charge is 0.239 e. The second kappa shape index (κ2) is 7.00. The van der Waals surface area contributed by atoms with E-state index in [1.54, 1.807) is 11.3 Å². The molecular formula is C15H21N3O2S2.